The maximum Gasteiger partial charge on any atom is 0.254 e. The predicted molar refractivity (Wildman–Crippen MR) is 150 cm³/mol. The van der Waals surface area contributed by atoms with E-state index in [9.17, 15) is 4.79 Å². The molecule has 1 aromatic carbocycles. The monoisotopic (exact) mass is 551 g/mol. The number of anilines is 3. The number of morpholine rings is 1. The number of carbonyl (C=O) groups is 1. The second-order valence-electron chi connectivity index (χ2n) is 10.9. The fourth-order valence-electron chi connectivity index (χ4n) is 6.16. The SMILES string of the molecule is O=C(c1ccc(Nc2nc(NC3CCC3)c3c(Cl)c[nH]c3n2)c2c1CCO2)N1CCC(N2CCOCC2)CC1. The van der Waals surface area contributed by atoms with Crippen LogP contribution in [0.2, 0.25) is 5.02 Å². The van der Waals surface area contributed by atoms with Crippen molar-refractivity contribution in [1.29, 1.82) is 0 Å². The van der Waals surface area contributed by atoms with Crippen molar-refractivity contribution in [3.63, 3.8) is 0 Å². The highest BCUT2D eigenvalue weighted by Crippen LogP contribution is 2.39. The van der Waals surface area contributed by atoms with Gasteiger partial charge in [-0.05, 0) is 44.2 Å². The number of carbonyl (C=O) groups excluding carboxylic acids is 1. The minimum atomic E-state index is 0.0920. The smallest absolute Gasteiger partial charge is 0.254 e. The van der Waals surface area contributed by atoms with E-state index in [4.69, 9.17) is 26.1 Å². The Labute approximate surface area is 232 Å². The summed E-state index contributed by atoms with van der Waals surface area (Å²) >= 11 is 6.44. The van der Waals surface area contributed by atoms with E-state index in [1.807, 2.05) is 17.0 Å². The number of aromatic amines is 1. The van der Waals surface area contributed by atoms with E-state index in [1.54, 1.807) is 6.20 Å². The van der Waals surface area contributed by atoms with Gasteiger partial charge in [-0.25, -0.2) is 0 Å². The molecule has 206 valence electrons. The van der Waals surface area contributed by atoms with E-state index in [0.29, 0.717) is 47.5 Å². The number of likely N-dealkylation sites (tertiary alicyclic amines) is 1. The van der Waals surface area contributed by atoms with Gasteiger partial charge in [0.2, 0.25) is 5.95 Å². The zero-order valence-corrected chi connectivity index (χ0v) is 22.7. The largest absolute Gasteiger partial charge is 0.491 e. The first-order valence-electron chi connectivity index (χ1n) is 14.1. The zero-order chi connectivity index (χ0) is 26.3. The lowest BCUT2D eigenvalue weighted by molar-refractivity contribution is 0.00158. The summed E-state index contributed by atoms with van der Waals surface area (Å²) < 4.78 is 11.5. The molecular formula is C28H34ClN7O3. The molecule has 5 heterocycles. The second-order valence-corrected chi connectivity index (χ2v) is 11.3. The Morgan fingerprint density at radius 1 is 1.05 bits per heavy atom. The molecule has 3 N–H and O–H groups in total. The van der Waals surface area contributed by atoms with Crippen LogP contribution in [0.5, 0.6) is 5.75 Å². The number of aromatic nitrogens is 3. The number of ether oxygens (including phenoxy) is 2. The van der Waals surface area contributed by atoms with Crippen molar-refractivity contribution in [2.45, 2.75) is 50.6 Å². The van der Waals surface area contributed by atoms with Crippen LogP contribution in [0.4, 0.5) is 17.5 Å². The Morgan fingerprint density at radius 3 is 2.64 bits per heavy atom. The number of H-pyrrole nitrogens is 1. The third-order valence-corrected chi connectivity index (χ3v) is 8.88. The van der Waals surface area contributed by atoms with Crippen LogP contribution in [0.3, 0.4) is 0 Å². The Bertz CT molecular complexity index is 1380. The quantitative estimate of drug-likeness (QED) is 0.418. The maximum atomic E-state index is 13.6. The average Bonchev–Trinajstić information content (AvgIpc) is 3.59. The van der Waals surface area contributed by atoms with E-state index in [-0.39, 0.29) is 5.91 Å². The highest BCUT2D eigenvalue weighted by atomic mass is 35.5. The van der Waals surface area contributed by atoms with Crippen LogP contribution in [0.15, 0.2) is 18.3 Å². The van der Waals surface area contributed by atoms with Gasteiger partial charge in [0.15, 0.2) is 0 Å². The number of piperidine rings is 1. The van der Waals surface area contributed by atoms with E-state index < -0.39 is 0 Å². The molecule has 1 aliphatic carbocycles. The van der Waals surface area contributed by atoms with Gasteiger partial charge in [-0.2, -0.15) is 9.97 Å². The van der Waals surface area contributed by atoms with Crippen LogP contribution < -0.4 is 15.4 Å². The van der Waals surface area contributed by atoms with Crippen LogP contribution in [-0.4, -0.2) is 88.7 Å². The second kappa shape index (κ2) is 10.5. The van der Waals surface area contributed by atoms with Crippen LogP contribution in [-0.2, 0) is 11.2 Å². The number of fused-ring (bicyclic) bond motifs is 2. The van der Waals surface area contributed by atoms with Gasteiger partial charge < -0.3 is 30.0 Å². The lowest BCUT2D eigenvalue weighted by Gasteiger charge is -2.40. The van der Waals surface area contributed by atoms with Crippen molar-refractivity contribution < 1.29 is 14.3 Å². The normalized spacial score (nSPS) is 20.5. The molecule has 7 rings (SSSR count). The van der Waals surface area contributed by atoms with Gasteiger partial charge in [0.1, 0.15) is 17.2 Å². The zero-order valence-electron chi connectivity index (χ0n) is 22.0. The van der Waals surface area contributed by atoms with Crippen molar-refractivity contribution in [2.24, 2.45) is 0 Å². The third-order valence-electron chi connectivity index (χ3n) is 8.58. The number of nitrogens with one attached hydrogen (secondary N) is 3. The van der Waals surface area contributed by atoms with Gasteiger partial charge in [-0.15, -0.1) is 0 Å². The first kappa shape index (κ1) is 24.9. The summed E-state index contributed by atoms with van der Waals surface area (Å²) in [6, 6.07) is 4.77. The summed E-state index contributed by atoms with van der Waals surface area (Å²) in [5, 5.41) is 8.27. The molecule has 0 bridgehead atoms. The highest BCUT2D eigenvalue weighted by molar-refractivity contribution is 6.36. The molecule has 39 heavy (non-hydrogen) atoms. The Hall–Kier alpha value is -3.08. The van der Waals surface area contributed by atoms with E-state index in [2.05, 4.69) is 25.5 Å². The van der Waals surface area contributed by atoms with Crippen molar-refractivity contribution in [1.82, 2.24) is 24.8 Å². The topological polar surface area (TPSA) is 108 Å². The summed E-state index contributed by atoms with van der Waals surface area (Å²) in [4.78, 5) is 30.7. The van der Waals surface area contributed by atoms with E-state index in [0.717, 1.165) is 93.1 Å². The molecule has 3 fully saturated rings. The molecule has 0 atom stereocenters. The van der Waals surface area contributed by atoms with Crippen molar-refractivity contribution in [3.8, 4) is 5.75 Å². The molecule has 2 aromatic heterocycles. The Balaban J connectivity index is 1.10. The number of amides is 1. The number of hydrogen-bond acceptors (Lipinski definition) is 8. The minimum absolute atomic E-state index is 0.0920. The third kappa shape index (κ3) is 4.79. The minimum Gasteiger partial charge on any atom is -0.491 e. The molecule has 4 aliphatic rings. The summed E-state index contributed by atoms with van der Waals surface area (Å²) in [6.45, 7) is 5.70. The number of rotatable bonds is 6. The summed E-state index contributed by atoms with van der Waals surface area (Å²) in [5.74, 6) is 1.98. The van der Waals surface area contributed by atoms with Crippen molar-refractivity contribution in [3.05, 3.63) is 34.5 Å². The van der Waals surface area contributed by atoms with E-state index in [1.165, 1.54) is 6.42 Å². The molecule has 0 spiro atoms. The molecule has 2 saturated heterocycles. The van der Waals surface area contributed by atoms with Crippen LogP contribution in [0.25, 0.3) is 11.0 Å². The van der Waals surface area contributed by atoms with Crippen LogP contribution in [0.1, 0.15) is 48.0 Å². The molecule has 3 aromatic rings. The number of hydrogen-bond donors (Lipinski definition) is 3. The van der Waals surface area contributed by atoms with Crippen LogP contribution in [0, 0.1) is 0 Å². The highest BCUT2D eigenvalue weighted by Gasteiger charge is 2.31. The molecule has 10 nitrogen and oxygen atoms in total. The first-order chi connectivity index (χ1) is 19.1. The maximum absolute atomic E-state index is 13.6. The van der Waals surface area contributed by atoms with Gasteiger partial charge in [-0.1, -0.05) is 11.6 Å². The molecule has 11 heteroatoms. The van der Waals surface area contributed by atoms with Gasteiger partial charge in [0.25, 0.3) is 5.91 Å². The molecule has 0 unspecified atom stereocenters. The van der Waals surface area contributed by atoms with Gasteiger partial charge in [0, 0.05) is 62.0 Å². The van der Waals surface area contributed by atoms with Crippen LogP contribution >= 0.6 is 11.6 Å². The van der Waals surface area contributed by atoms with Gasteiger partial charge in [0.05, 0.1) is 35.9 Å². The Morgan fingerprint density at radius 2 is 1.87 bits per heavy atom. The number of halogens is 1. The number of benzene rings is 1. The number of nitrogens with zero attached hydrogens (tertiary/aromatic N) is 4. The summed E-state index contributed by atoms with van der Waals surface area (Å²) in [7, 11) is 0. The molecular weight excluding hydrogens is 518 g/mol. The fraction of sp³-hybridized carbons (Fsp3) is 0.536. The standard InChI is InChI=1S/C28H34ClN7O3/c29-21-16-30-25-23(21)26(31-17-2-1-3-17)34-28(33-25)32-22-5-4-20(19-8-13-39-24(19)22)27(37)36-9-6-18(7-10-36)35-11-14-38-15-12-35/h4-5,16-18H,1-3,6-15H2,(H3,30,31,32,33,34). The molecule has 0 radical (unpaired) electrons. The first-order valence-corrected chi connectivity index (χ1v) is 14.5. The predicted octanol–water partition coefficient (Wildman–Crippen LogP) is 4.19. The average molecular weight is 552 g/mol. The van der Waals surface area contributed by atoms with E-state index >= 15 is 0 Å². The molecule has 3 aliphatic heterocycles. The lowest BCUT2D eigenvalue weighted by atomic mass is 9.93. The molecule has 1 amide bonds. The fourth-order valence-corrected chi connectivity index (χ4v) is 6.40. The van der Waals surface area contributed by atoms with Crippen molar-refractivity contribution >= 4 is 46.0 Å². The van der Waals surface area contributed by atoms with Gasteiger partial charge in [-0.3, -0.25) is 9.69 Å². The Kier molecular flexibility index (Phi) is 6.70. The summed E-state index contributed by atoms with van der Waals surface area (Å²) in [6.07, 6.45) is 7.92. The van der Waals surface area contributed by atoms with Crippen molar-refractivity contribution in [2.75, 3.05) is 56.6 Å². The van der Waals surface area contributed by atoms with Gasteiger partial charge >= 0.3 is 0 Å². The molecule has 1 saturated carbocycles. The lowest BCUT2D eigenvalue weighted by Crippen LogP contribution is -2.50. The summed E-state index contributed by atoms with van der Waals surface area (Å²) in [5.41, 5.74) is 3.12.